The van der Waals surface area contributed by atoms with Crippen molar-refractivity contribution in [3.05, 3.63) is 37.0 Å². The van der Waals surface area contributed by atoms with E-state index in [2.05, 4.69) is 28.6 Å². The van der Waals surface area contributed by atoms with E-state index in [1.54, 1.807) is 0 Å². The molecule has 12 heteroatoms. The maximum atomic E-state index is 9.55. The fourth-order valence-electron chi connectivity index (χ4n) is 3.48. The number of rotatable bonds is 11. The zero-order valence-electron chi connectivity index (χ0n) is 21.3. The number of carboxylic acid groups (broad SMARTS) is 4. The molecule has 2 fully saturated rings. The molecule has 2 aliphatic rings. The second kappa shape index (κ2) is 20.7. The van der Waals surface area contributed by atoms with E-state index in [4.69, 9.17) is 25.3 Å². The molecule has 0 aromatic rings. The summed E-state index contributed by atoms with van der Waals surface area (Å²) in [5, 5.41) is 35.7. The minimum Gasteiger partial charge on any atom is -0.478 e. The lowest BCUT2D eigenvalue weighted by atomic mass is 9.85. The fraction of sp³-hybridized carbons (Fsp3) is 0.560. The summed E-state index contributed by atoms with van der Waals surface area (Å²) in [5.74, 6) is -4.45. The third-order valence-corrected chi connectivity index (χ3v) is 5.38. The van der Waals surface area contributed by atoms with Crippen molar-refractivity contribution >= 4 is 29.6 Å². The molecule has 1 heterocycles. The number of piperazine rings is 1. The first-order chi connectivity index (χ1) is 17.5. The average Bonchev–Trinajstić information content (AvgIpc) is 2.84. The number of nitrogens with zero attached hydrogens (tertiary/aromatic N) is 3. The Morgan fingerprint density at radius 1 is 0.919 bits per heavy atom. The minimum atomic E-state index is -1.26. The lowest BCUT2D eigenvalue weighted by molar-refractivity contribution is -0.134. The highest BCUT2D eigenvalue weighted by Crippen LogP contribution is 2.24. The van der Waals surface area contributed by atoms with Gasteiger partial charge in [-0.2, -0.15) is 0 Å². The number of oxime groups is 1. The molecule has 1 unspecified atom stereocenters. The zero-order valence-corrected chi connectivity index (χ0v) is 21.3. The highest BCUT2D eigenvalue weighted by molar-refractivity contribution is 5.90. The number of carbonyl (C=O) groups is 4. The van der Waals surface area contributed by atoms with Gasteiger partial charge in [0.25, 0.3) is 0 Å². The van der Waals surface area contributed by atoms with Crippen molar-refractivity contribution in [1.29, 1.82) is 0 Å². The van der Waals surface area contributed by atoms with Crippen molar-refractivity contribution in [3.8, 4) is 0 Å². The average molecular weight is 526 g/mol. The molecule has 208 valence electrons. The number of hydrogen-bond acceptors (Lipinski definition) is 8. The largest absolute Gasteiger partial charge is 0.478 e. The van der Waals surface area contributed by atoms with Gasteiger partial charge in [-0.05, 0) is 39.2 Å². The van der Waals surface area contributed by atoms with E-state index >= 15 is 0 Å². The lowest BCUT2D eigenvalue weighted by Gasteiger charge is -2.32. The van der Waals surface area contributed by atoms with Crippen LogP contribution in [0.3, 0.4) is 0 Å². The highest BCUT2D eigenvalue weighted by Gasteiger charge is 2.19. The first kappa shape index (κ1) is 33.5. The summed E-state index contributed by atoms with van der Waals surface area (Å²) < 4.78 is 0. The van der Waals surface area contributed by atoms with Gasteiger partial charge in [0, 0.05) is 62.9 Å². The number of likely N-dealkylation sites (N-methyl/N-ethyl adjacent to an activating group) is 1. The zero-order chi connectivity index (χ0) is 28.1. The second-order valence-corrected chi connectivity index (χ2v) is 8.40. The smallest absolute Gasteiger partial charge is 0.328 e. The monoisotopic (exact) mass is 525 g/mol. The van der Waals surface area contributed by atoms with Gasteiger partial charge in [0.1, 0.15) is 6.61 Å². The Bertz CT molecular complexity index is 750. The van der Waals surface area contributed by atoms with Crippen molar-refractivity contribution in [2.75, 3.05) is 46.4 Å². The van der Waals surface area contributed by atoms with Gasteiger partial charge in [-0.1, -0.05) is 17.7 Å². The van der Waals surface area contributed by atoms with Crippen molar-refractivity contribution < 1.29 is 44.4 Å². The quantitative estimate of drug-likeness (QED) is 0.134. The summed E-state index contributed by atoms with van der Waals surface area (Å²) in [4.78, 5) is 48.7. The maximum Gasteiger partial charge on any atom is 0.328 e. The van der Waals surface area contributed by atoms with E-state index in [0.29, 0.717) is 30.2 Å². The molecule has 1 atom stereocenters. The molecule has 1 saturated carbocycles. The topological polar surface area (TPSA) is 177 Å². The first-order valence-corrected chi connectivity index (χ1v) is 12.0. The van der Waals surface area contributed by atoms with Gasteiger partial charge in [-0.25, -0.2) is 19.2 Å². The van der Waals surface area contributed by atoms with E-state index in [9.17, 15) is 19.2 Å². The number of carboxylic acids is 4. The van der Waals surface area contributed by atoms with Crippen LogP contribution in [0.25, 0.3) is 0 Å². The van der Waals surface area contributed by atoms with E-state index < -0.39 is 23.9 Å². The highest BCUT2D eigenvalue weighted by atomic mass is 16.6. The Balaban J connectivity index is 0.000000669. The van der Waals surface area contributed by atoms with Crippen LogP contribution >= 0.6 is 0 Å². The summed E-state index contributed by atoms with van der Waals surface area (Å²) >= 11 is 0. The van der Waals surface area contributed by atoms with E-state index in [-0.39, 0.29) is 0 Å². The van der Waals surface area contributed by atoms with Gasteiger partial charge < -0.3 is 35.1 Å². The predicted molar refractivity (Wildman–Crippen MR) is 138 cm³/mol. The fourth-order valence-corrected chi connectivity index (χ4v) is 3.48. The van der Waals surface area contributed by atoms with Crippen LogP contribution in [0, 0.1) is 5.92 Å². The summed E-state index contributed by atoms with van der Waals surface area (Å²) in [7, 11) is 2.19. The Labute approximate surface area is 217 Å². The van der Waals surface area contributed by atoms with Crippen LogP contribution < -0.4 is 0 Å². The van der Waals surface area contributed by atoms with Crippen LogP contribution in [0.1, 0.15) is 38.5 Å². The molecule has 0 spiro atoms. The predicted octanol–water partition coefficient (Wildman–Crippen LogP) is 2.19. The molecule has 2 rings (SSSR count). The molecular formula is C25H39N3O9. The standard InChI is InChI=1S/C17H31N3O.2C4H4O4/c1-3-7-16-8-4-5-9-17(16)18-21-15-6-10-20-13-11-19(2)12-14-20;2*5-3(6)1-2-4(7)8/h3,16H,1,4-15H2,2H3;2*1-2H,(H,5,6)(H,7,8)/b18-17-;2*2-1+. The van der Waals surface area contributed by atoms with Gasteiger partial charge in [-0.3, -0.25) is 0 Å². The van der Waals surface area contributed by atoms with Gasteiger partial charge in [0.2, 0.25) is 0 Å². The van der Waals surface area contributed by atoms with Crippen molar-refractivity contribution in [1.82, 2.24) is 9.80 Å². The lowest BCUT2D eigenvalue weighted by Crippen LogP contribution is -2.44. The Kier molecular flexibility index (Phi) is 18.7. The third-order valence-electron chi connectivity index (χ3n) is 5.38. The number of hydrogen-bond donors (Lipinski definition) is 4. The number of aliphatic carboxylic acids is 4. The molecule has 1 aliphatic heterocycles. The van der Waals surface area contributed by atoms with Crippen molar-refractivity contribution in [3.63, 3.8) is 0 Å². The van der Waals surface area contributed by atoms with Crippen LogP contribution in [0.5, 0.6) is 0 Å². The summed E-state index contributed by atoms with van der Waals surface area (Å²) in [6.07, 6.45) is 11.3. The van der Waals surface area contributed by atoms with Gasteiger partial charge in [-0.15, -0.1) is 6.58 Å². The van der Waals surface area contributed by atoms with E-state index in [1.807, 2.05) is 6.08 Å². The van der Waals surface area contributed by atoms with Crippen LogP contribution in [0.15, 0.2) is 42.1 Å². The summed E-state index contributed by atoms with van der Waals surface area (Å²) in [6.45, 7) is 10.5. The van der Waals surface area contributed by atoms with Crippen LogP contribution in [0.4, 0.5) is 0 Å². The molecule has 4 N–H and O–H groups in total. The molecular weight excluding hydrogens is 486 g/mol. The number of allylic oxidation sites excluding steroid dienone is 1. The van der Waals surface area contributed by atoms with E-state index in [1.165, 1.54) is 51.2 Å². The Morgan fingerprint density at radius 2 is 1.43 bits per heavy atom. The summed E-state index contributed by atoms with van der Waals surface area (Å²) in [5.41, 5.74) is 1.26. The Hall–Kier alpha value is -3.51. The molecule has 37 heavy (non-hydrogen) atoms. The van der Waals surface area contributed by atoms with Crippen molar-refractivity contribution in [2.24, 2.45) is 11.1 Å². The van der Waals surface area contributed by atoms with E-state index in [0.717, 1.165) is 32.4 Å². The molecule has 1 saturated heterocycles. The molecule has 1 aliphatic carbocycles. The van der Waals surface area contributed by atoms with Gasteiger partial charge in [0.15, 0.2) is 0 Å². The molecule has 0 amide bonds. The SMILES string of the molecule is C=CCC1CCCC/C1=N/OCCCN1CCN(C)CC1.O=C(O)/C=C/C(=O)O.O=C(O)/C=C/C(=O)O. The maximum absolute atomic E-state index is 9.55. The molecule has 0 aromatic heterocycles. The van der Waals surface area contributed by atoms with Crippen LogP contribution in [-0.2, 0) is 24.0 Å². The minimum absolute atomic E-state index is 0.558. The third kappa shape index (κ3) is 20.4. The van der Waals surface area contributed by atoms with Crippen LogP contribution in [0.2, 0.25) is 0 Å². The van der Waals surface area contributed by atoms with Gasteiger partial charge in [0.05, 0.1) is 5.71 Å². The molecule has 0 bridgehead atoms. The summed E-state index contributed by atoms with van der Waals surface area (Å²) in [6, 6.07) is 0. The van der Waals surface area contributed by atoms with Gasteiger partial charge >= 0.3 is 23.9 Å². The van der Waals surface area contributed by atoms with Crippen LogP contribution in [-0.4, -0.2) is 106 Å². The second-order valence-electron chi connectivity index (χ2n) is 8.40. The molecule has 0 aromatic carbocycles. The van der Waals surface area contributed by atoms with Crippen molar-refractivity contribution in [2.45, 2.75) is 38.5 Å². The molecule has 0 radical (unpaired) electrons. The molecule has 12 nitrogen and oxygen atoms in total. The Morgan fingerprint density at radius 3 is 1.89 bits per heavy atom. The normalized spacial score (nSPS) is 19.4. The first-order valence-electron chi connectivity index (χ1n) is 12.0.